The number of ether oxygens (including phenoxy) is 1. The van der Waals surface area contributed by atoms with Crippen LogP contribution < -0.4 is 10.2 Å². The number of hydrogen-bond donors (Lipinski definition) is 1. The number of piperidine rings is 1. The van der Waals surface area contributed by atoms with Crippen molar-refractivity contribution in [2.45, 2.75) is 48.8 Å². The first-order valence-corrected chi connectivity index (χ1v) is 12.2. The highest BCUT2D eigenvalue weighted by Crippen LogP contribution is 2.36. The van der Waals surface area contributed by atoms with Crippen molar-refractivity contribution in [3.63, 3.8) is 0 Å². The second kappa shape index (κ2) is 9.18. The van der Waals surface area contributed by atoms with E-state index in [1.54, 1.807) is 12.1 Å². The molecule has 4 rings (SSSR count). The van der Waals surface area contributed by atoms with E-state index in [0.717, 1.165) is 37.3 Å². The summed E-state index contributed by atoms with van der Waals surface area (Å²) < 4.78 is 69.6. The molecule has 1 aliphatic heterocycles. The van der Waals surface area contributed by atoms with Crippen LogP contribution in [0.3, 0.4) is 0 Å². The summed E-state index contributed by atoms with van der Waals surface area (Å²) in [5.74, 6) is -0.444. The molecule has 0 unspecified atom stereocenters. The first kappa shape index (κ1) is 23.3. The molecule has 0 saturated carbocycles. The maximum absolute atomic E-state index is 13.5. The zero-order valence-electron chi connectivity index (χ0n) is 18.0. The number of benzene rings is 2. The molecular formula is C23H24F3N3O3S. The highest BCUT2D eigenvalue weighted by atomic mass is 32.2. The van der Waals surface area contributed by atoms with E-state index in [9.17, 15) is 21.6 Å². The number of sulfone groups is 1. The molecule has 1 aromatic heterocycles. The number of hydrogen-bond acceptors (Lipinski definition) is 6. The molecule has 1 aliphatic rings. The second-order valence-electron chi connectivity index (χ2n) is 7.88. The molecule has 0 radical (unpaired) electrons. The maximum atomic E-state index is 13.5. The van der Waals surface area contributed by atoms with Crippen LogP contribution in [0.4, 0.5) is 18.9 Å². The summed E-state index contributed by atoms with van der Waals surface area (Å²) in [7, 11) is -4.00. The molecule has 176 valence electrons. The Hall–Kier alpha value is -2.85. The lowest BCUT2D eigenvalue weighted by molar-refractivity contribution is -0.274. The SMILES string of the molecule is CCc1ccc(S(=O)(=O)c2cnc3ccc(OC(F)(F)F)cc3c2NN2CCCCC2)cc1. The molecule has 2 heterocycles. The van der Waals surface area contributed by atoms with Crippen molar-refractivity contribution in [3.8, 4) is 5.75 Å². The third kappa shape index (κ3) is 5.22. The van der Waals surface area contributed by atoms with Crippen LogP contribution in [-0.4, -0.2) is 37.9 Å². The fourth-order valence-corrected chi connectivity index (χ4v) is 5.23. The van der Waals surface area contributed by atoms with Crippen LogP contribution in [0.2, 0.25) is 0 Å². The van der Waals surface area contributed by atoms with Gasteiger partial charge in [0.1, 0.15) is 10.6 Å². The molecule has 33 heavy (non-hydrogen) atoms. The Balaban J connectivity index is 1.86. The molecule has 0 bridgehead atoms. The van der Waals surface area contributed by atoms with Crippen LogP contribution in [0.15, 0.2) is 58.5 Å². The van der Waals surface area contributed by atoms with Gasteiger partial charge in [-0.2, -0.15) is 0 Å². The fraction of sp³-hybridized carbons (Fsp3) is 0.348. The van der Waals surface area contributed by atoms with E-state index in [4.69, 9.17) is 0 Å². The number of nitrogens with zero attached hydrogens (tertiary/aromatic N) is 2. The number of halogens is 3. The van der Waals surface area contributed by atoms with E-state index in [-0.39, 0.29) is 20.9 Å². The van der Waals surface area contributed by atoms with Crippen molar-refractivity contribution >= 4 is 26.4 Å². The number of hydrazine groups is 1. The minimum Gasteiger partial charge on any atom is -0.406 e. The monoisotopic (exact) mass is 479 g/mol. The van der Waals surface area contributed by atoms with Gasteiger partial charge in [-0.3, -0.25) is 4.98 Å². The van der Waals surface area contributed by atoms with E-state index in [1.807, 2.05) is 11.9 Å². The van der Waals surface area contributed by atoms with Crippen LogP contribution in [0.5, 0.6) is 5.75 Å². The maximum Gasteiger partial charge on any atom is 0.573 e. The molecule has 0 spiro atoms. The molecule has 10 heteroatoms. The lowest BCUT2D eigenvalue weighted by Gasteiger charge is -2.29. The quantitative estimate of drug-likeness (QED) is 0.515. The van der Waals surface area contributed by atoms with Crippen LogP contribution in [0.25, 0.3) is 10.9 Å². The number of aromatic nitrogens is 1. The van der Waals surface area contributed by atoms with Crippen molar-refractivity contribution in [1.29, 1.82) is 0 Å². The van der Waals surface area contributed by atoms with Crippen molar-refractivity contribution < 1.29 is 26.3 Å². The summed E-state index contributed by atoms with van der Waals surface area (Å²) in [5, 5.41) is 2.11. The summed E-state index contributed by atoms with van der Waals surface area (Å²) in [5.41, 5.74) is 4.69. The summed E-state index contributed by atoms with van der Waals surface area (Å²) >= 11 is 0. The van der Waals surface area contributed by atoms with Gasteiger partial charge in [-0.25, -0.2) is 13.4 Å². The van der Waals surface area contributed by atoms with Gasteiger partial charge >= 0.3 is 6.36 Å². The highest BCUT2D eigenvalue weighted by Gasteiger charge is 2.32. The van der Waals surface area contributed by atoms with E-state index in [2.05, 4.69) is 15.1 Å². The lowest BCUT2D eigenvalue weighted by Crippen LogP contribution is -2.35. The van der Waals surface area contributed by atoms with E-state index < -0.39 is 21.9 Å². The van der Waals surface area contributed by atoms with Gasteiger partial charge in [0.15, 0.2) is 0 Å². The molecule has 0 aliphatic carbocycles. The zero-order chi connectivity index (χ0) is 23.6. The topological polar surface area (TPSA) is 71.5 Å². The van der Waals surface area contributed by atoms with Crippen LogP contribution in [0, 0.1) is 0 Å². The molecule has 0 atom stereocenters. The van der Waals surface area contributed by atoms with Crippen molar-refractivity contribution in [2.75, 3.05) is 18.5 Å². The molecule has 1 fully saturated rings. The molecule has 3 aromatic rings. The first-order valence-electron chi connectivity index (χ1n) is 10.7. The van der Waals surface area contributed by atoms with Crippen LogP contribution in [0.1, 0.15) is 31.7 Å². The Kier molecular flexibility index (Phi) is 6.49. The van der Waals surface area contributed by atoms with Crippen LogP contribution in [-0.2, 0) is 16.3 Å². The molecule has 1 N–H and O–H groups in total. The number of nitrogens with one attached hydrogen (secondary N) is 1. The normalized spacial score (nSPS) is 15.5. The molecular weight excluding hydrogens is 455 g/mol. The Morgan fingerprint density at radius 2 is 1.76 bits per heavy atom. The molecule has 6 nitrogen and oxygen atoms in total. The van der Waals surface area contributed by atoms with Crippen molar-refractivity contribution in [3.05, 3.63) is 54.2 Å². The molecule has 0 amide bonds. The van der Waals surface area contributed by atoms with Gasteiger partial charge in [-0.15, -0.1) is 13.2 Å². The highest BCUT2D eigenvalue weighted by molar-refractivity contribution is 7.91. The number of rotatable bonds is 6. The van der Waals surface area contributed by atoms with Crippen molar-refractivity contribution in [1.82, 2.24) is 9.99 Å². The zero-order valence-corrected chi connectivity index (χ0v) is 18.8. The summed E-state index contributed by atoms with van der Waals surface area (Å²) in [6.45, 7) is 3.35. The number of aryl methyl sites for hydroxylation is 1. The van der Waals surface area contributed by atoms with Crippen molar-refractivity contribution in [2.24, 2.45) is 0 Å². The largest absolute Gasteiger partial charge is 0.573 e. The van der Waals surface area contributed by atoms with Gasteiger partial charge in [-0.05, 0) is 55.2 Å². The van der Waals surface area contributed by atoms with Gasteiger partial charge in [0.25, 0.3) is 0 Å². The van der Waals surface area contributed by atoms with Gasteiger partial charge in [-0.1, -0.05) is 25.5 Å². The van der Waals surface area contributed by atoms with E-state index in [0.29, 0.717) is 18.6 Å². The Morgan fingerprint density at radius 3 is 2.39 bits per heavy atom. The number of anilines is 1. The lowest BCUT2D eigenvalue weighted by atomic mass is 10.1. The van der Waals surface area contributed by atoms with Gasteiger partial charge in [0, 0.05) is 24.7 Å². The van der Waals surface area contributed by atoms with Gasteiger partial charge in [0.05, 0.1) is 16.1 Å². The first-order chi connectivity index (χ1) is 15.7. The van der Waals surface area contributed by atoms with Crippen LogP contribution >= 0.6 is 0 Å². The Bertz CT molecular complexity index is 1240. The number of pyridine rings is 1. The third-order valence-corrected chi connectivity index (χ3v) is 7.38. The molecule has 1 saturated heterocycles. The minimum atomic E-state index is -4.87. The Labute approximate surface area is 190 Å². The third-order valence-electron chi connectivity index (χ3n) is 5.60. The number of alkyl halides is 3. The fourth-order valence-electron chi connectivity index (χ4n) is 3.86. The average Bonchev–Trinajstić information content (AvgIpc) is 2.79. The minimum absolute atomic E-state index is 0.0882. The smallest absolute Gasteiger partial charge is 0.406 e. The number of fused-ring (bicyclic) bond motifs is 1. The summed E-state index contributed by atoms with van der Waals surface area (Å²) in [6, 6.07) is 10.3. The molecule has 2 aromatic carbocycles. The summed E-state index contributed by atoms with van der Waals surface area (Å²) in [4.78, 5) is 4.21. The van der Waals surface area contributed by atoms with E-state index in [1.165, 1.54) is 30.5 Å². The average molecular weight is 480 g/mol. The van der Waals surface area contributed by atoms with Gasteiger partial charge in [0.2, 0.25) is 9.84 Å². The Morgan fingerprint density at radius 1 is 1.06 bits per heavy atom. The summed E-state index contributed by atoms with van der Waals surface area (Å²) in [6.07, 6.45) is 0.0711. The second-order valence-corrected chi connectivity index (χ2v) is 9.80. The predicted octanol–water partition coefficient (Wildman–Crippen LogP) is 5.34. The standard InChI is InChI=1S/C23H24F3N3O3S/c1-2-16-6-9-18(10-7-16)33(30,31)21-15-27-20-11-8-17(32-23(24,25)26)14-19(20)22(21)28-29-12-4-3-5-13-29/h6-11,14-15H,2-5,12-13H2,1H3,(H,27,28). The van der Waals surface area contributed by atoms with Gasteiger partial charge < -0.3 is 10.2 Å². The predicted molar refractivity (Wildman–Crippen MR) is 119 cm³/mol. The van der Waals surface area contributed by atoms with E-state index >= 15 is 0 Å².